The molecule has 2 rings (SSSR count). The van der Waals surface area contributed by atoms with Gasteiger partial charge in [0.15, 0.2) is 0 Å². The molecule has 1 N–H and O–H groups in total. The van der Waals surface area contributed by atoms with Gasteiger partial charge in [-0.2, -0.15) is 0 Å². The Morgan fingerprint density at radius 3 is 2.59 bits per heavy atom. The number of halogens is 2. The molecule has 1 nitrogen and oxygen atoms in total. The van der Waals surface area contributed by atoms with Crippen molar-refractivity contribution in [3.05, 3.63) is 33.8 Å². The Kier molecular flexibility index (Phi) is 4.72. The topological polar surface area (TPSA) is 12.0 Å². The van der Waals surface area contributed by atoms with Gasteiger partial charge in [0.2, 0.25) is 0 Å². The fourth-order valence-electron chi connectivity index (χ4n) is 2.40. The van der Waals surface area contributed by atoms with Crippen molar-refractivity contribution in [1.29, 1.82) is 0 Å². The molecule has 3 heteroatoms. The predicted molar refractivity (Wildman–Crippen MR) is 74.7 cm³/mol. The first kappa shape index (κ1) is 13.2. The lowest BCUT2D eigenvalue weighted by molar-refractivity contribution is 0.306. The molecule has 0 radical (unpaired) electrons. The van der Waals surface area contributed by atoms with Crippen LogP contribution in [0, 0.1) is 5.92 Å². The number of rotatable bonds is 3. The molecule has 0 saturated heterocycles. The van der Waals surface area contributed by atoms with Crippen molar-refractivity contribution < 1.29 is 0 Å². The molecule has 0 aromatic heterocycles. The second-order valence-electron chi connectivity index (χ2n) is 5.07. The summed E-state index contributed by atoms with van der Waals surface area (Å²) >= 11 is 12.1. The van der Waals surface area contributed by atoms with E-state index in [0.717, 1.165) is 28.1 Å². The fourth-order valence-corrected chi connectivity index (χ4v) is 2.78. The van der Waals surface area contributed by atoms with E-state index in [-0.39, 0.29) is 0 Å². The summed E-state index contributed by atoms with van der Waals surface area (Å²) in [6.45, 7) is 3.16. The summed E-state index contributed by atoms with van der Waals surface area (Å²) < 4.78 is 0. The lowest BCUT2D eigenvalue weighted by Crippen LogP contribution is -2.32. The zero-order valence-corrected chi connectivity index (χ0v) is 11.7. The van der Waals surface area contributed by atoms with E-state index in [1.165, 1.54) is 25.7 Å². The van der Waals surface area contributed by atoms with Crippen LogP contribution in [0.1, 0.15) is 38.2 Å². The quantitative estimate of drug-likeness (QED) is 0.843. The van der Waals surface area contributed by atoms with Gasteiger partial charge in [0, 0.05) is 22.6 Å². The smallest absolute Gasteiger partial charge is 0.0451 e. The van der Waals surface area contributed by atoms with E-state index in [9.17, 15) is 0 Å². The van der Waals surface area contributed by atoms with Crippen molar-refractivity contribution in [2.45, 2.75) is 45.2 Å². The van der Waals surface area contributed by atoms with Crippen LogP contribution in [-0.4, -0.2) is 6.04 Å². The van der Waals surface area contributed by atoms with E-state index in [1.807, 2.05) is 18.2 Å². The van der Waals surface area contributed by atoms with E-state index in [4.69, 9.17) is 23.2 Å². The number of nitrogens with one attached hydrogen (secondary N) is 1. The lowest BCUT2D eigenvalue weighted by Gasteiger charge is -2.27. The summed E-state index contributed by atoms with van der Waals surface area (Å²) in [7, 11) is 0. The Morgan fingerprint density at radius 2 is 1.88 bits per heavy atom. The van der Waals surface area contributed by atoms with E-state index in [1.54, 1.807) is 0 Å². The summed E-state index contributed by atoms with van der Waals surface area (Å²) in [6, 6.07) is 6.28. The molecule has 0 spiro atoms. The molecule has 0 bridgehead atoms. The van der Waals surface area contributed by atoms with Crippen LogP contribution in [0.2, 0.25) is 10.0 Å². The second-order valence-corrected chi connectivity index (χ2v) is 5.92. The maximum Gasteiger partial charge on any atom is 0.0451 e. The van der Waals surface area contributed by atoms with E-state index in [0.29, 0.717) is 6.04 Å². The molecule has 94 valence electrons. The summed E-state index contributed by atoms with van der Waals surface area (Å²) in [5.74, 6) is 0.891. The highest BCUT2D eigenvalue weighted by atomic mass is 35.5. The standard InChI is InChI=1S/C14H19Cl2N/c1-10-2-5-13(6-3-10)17-9-11-8-12(15)4-7-14(11)16/h4,7-8,10,13,17H,2-3,5-6,9H2,1H3. The van der Waals surface area contributed by atoms with Crippen molar-refractivity contribution in [2.75, 3.05) is 0 Å². The van der Waals surface area contributed by atoms with Crippen LogP contribution in [0.3, 0.4) is 0 Å². The SMILES string of the molecule is CC1CCC(NCc2cc(Cl)ccc2Cl)CC1. The molecular formula is C14H19Cl2N. The van der Waals surface area contributed by atoms with Crippen molar-refractivity contribution in [2.24, 2.45) is 5.92 Å². The molecule has 1 saturated carbocycles. The van der Waals surface area contributed by atoms with Crippen LogP contribution in [0.4, 0.5) is 0 Å². The van der Waals surface area contributed by atoms with Crippen molar-refractivity contribution >= 4 is 23.2 Å². The van der Waals surface area contributed by atoms with Crippen molar-refractivity contribution in [3.8, 4) is 0 Å². The van der Waals surface area contributed by atoms with Gasteiger partial charge in [-0.3, -0.25) is 0 Å². The Morgan fingerprint density at radius 1 is 1.18 bits per heavy atom. The minimum absolute atomic E-state index is 0.640. The van der Waals surface area contributed by atoms with Gasteiger partial charge in [-0.15, -0.1) is 0 Å². The zero-order chi connectivity index (χ0) is 12.3. The molecule has 0 unspecified atom stereocenters. The van der Waals surface area contributed by atoms with Crippen LogP contribution >= 0.6 is 23.2 Å². The lowest BCUT2D eigenvalue weighted by atomic mass is 9.87. The molecule has 1 aromatic rings. The first-order valence-corrected chi connectivity index (χ1v) is 7.08. The molecule has 0 amide bonds. The fraction of sp³-hybridized carbons (Fsp3) is 0.571. The van der Waals surface area contributed by atoms with Gasteiger partial charge in [0.25, 0.3) is 0 Å². The summed E-state index contributed by atoms with van der Waals surface area (Å²) in [6.07, 6.45) is 5.22. The average molecular weight is 272 g/mol. The molecule has 0 aliphatic heterocycles. The Bertz CT molecular complexity index is 370. The monoisotopic (exact) mass is 271 g/mol. The first-order valence-electron chi connectivity index (χ1n) is 6.32. The molecular weight excluding hydrogens is 253 g/mol. The Hall–Kier alpha value is -0.240. The van der Waals surface area contributed by atoms with Crippen LogP contribution in [0.15, 0.2) is 18.2 Å². The van der Waals surface area contributed by atoms with E-state index < -0.39 is 0 Å². The average Bonchev–Trinajstić information content (AvgIpc) is 2.32. The molecule has 17 heavy (non-hydrogen) atoms. The van der Waals surface area contributed by atoms with Crippen LogP contribution in [-0.2, 0) is 6.54 Å². The normalized spacial score (nSPS) is 24.9. The van der Waals surface area contributed by atoms with Crippen molar-refractivity contribution in [1.82, 2.24) is 5.32 Å². The highest BCUT2D eigenvalue weighted by Crippen LogP contribution is 2.25. The second kappa shape index (κ2) is 6.08. The molecule has 0 atom stereocenters. The largest absolute Gasteiger partial charge is 0.310 e. The Labute approximate surface area is 114 Å². The van der Waals surface area contributed by atoms with Crippen LogP contribution < -0.4 is 5.32 Å². The van der Waals surface area contributed by atoms with Crippen LogP contribution in [0.25, 0.3) is 0 Å². The maximum atomic E-state index is 6.14. The number of hydrogen-bond donors (Lipinski definition) is 1. The number of benzene rings is 1. The molecule has 1 fully saturated rings. The molecule has 1 aliphatic rings. The third-order valence-electron chi connectivity index (χ3n) is 3.60. The summed E-state index contributed by atoms with van der Waals surface area (Å²) in [5.41, 5.74) is 1.10. The van der Waals surface area contributed by atoms with Gasteiger partial charge in [-0.05, 0) is 55.4 Å². The predicted octanol–water partition coefficient (Wildman–Crippen LogP) is 4.66. The third kappa shape index (κ3) is 3.87. The van der Waals surface area contributed by atoms with E-state index >= 15 is 0 Å². The summed E-state index contributed by atoms with van der Waals surface area (Å²) in [5, 5.41) is 5.13. The van der Waals surface area contributed by atoms with Gasteiger partial charge >= 0.3 is 0 Å². The van der Waals surface area contributed by atoms with Gasteiger partial charge in [0.05, 0.1) is 0 Å². The minimum Gasteiger partial charge on any atom is -0.310 e. The van der Waals surface area contributed by atoms with Gasteiger partial charge in [-0.1, -0.05) is 30.1 Å². The van der Waals surface area contributed by atoms with Gasteiger partial charge in [-0.25, -0.2) is 0 Å². The first-order chi connectivity index (χ1) is 8.15. The van der Waals surface area contributed by atoms with Gasteiger partial charge < -0.3 is 5.32 Å². The molecule has 0 heterocycles. The zero-order valence-electron chi connectivity index (χ0n) is 10.2. The molecule has 1 aromatic carbocycles. The highest BCUT2D eigenvalue weighted by Gasteiger charge is 2.17. The third-order valence-corrected chi connectivity index (χ3v) is 4.21. The number of hydrogen-bond acceptors (Lipinski definition) is 1. The molecule has 1 aliphatic carbocycles. The van der Waals surface area contributed by atoms with Gasteiger partial charge in [0.1, 0.15) is 0 Å². The van der Waals surface area contributed by atoms with Crippen molar-refractivity contribution in [3.63, 3.8) is 0 Å². The van der Waals surface area contributed by atoms with E-state index in [2.05, 4.69) is 12.2 Å². The Balaban J connectivity index is 1.87. The minimum atomic E-state index is 0.640. The maximum absolute atomic E-state index is 6.14. The van der Waals surface area contributed by atoms with Crippen LogP contribution in [0.5, 0.6) is 0 Å². The summed E-state index contributed by atoms with van der Waals surface area (Å²) in [4.78, 5) is 0. The highest BCUT2D eigenvalue weighted by molar-refractivity contribution is 6.33.